The third kappa shape index (κ3) is 4.18. The van der Waals surface area contributed by atoms with E-state index in [4.69, 9.17) is 0 Å². The van der Waals surface area contributed by atoms with Crippen LogP contribution in [-0.2, 0) is 11.2 Å². The molecule has 23 heavy (non-hydrogen) atoms. The second-order valence-corrected chi connectivity index (χ2v) is 7.45. The SMILES string of the molecule is CC(NC(=O)CCc1nc2ccccc2s1)c1ccc(Br)cc1. The Morgan fingerprint density at radius 2 is 1.96 bits per heavy atom. The number of rotatable bonds is 5. The number of hydrogen-bond donors (Lipinski definition) is 1. The molecule has 0 saturated heterocycles. The number of aryl methyl sites for hydroxylation is 1. The highest BCUT2D eigenvalue weighted by Gasteiger charge is 2.11. The van der Waals surface area contributed by atoms with Crippen LogP contribution in [0.2, 0.25) is 0 Å². The fourth-order valence-electron chi connectivity index (χ4n) is 2.40. The van der Waals surface area contributed by atoms with Crippen LogP contribution in [0.25, 0.3) is 10.2 Å². The zero-order valence-corrected chi connectivity index (χ0v) is 15.2. The third-order valence-corrected chi connectivity index (χ3v) is 5.28. The lowest BCUT2D eigenvalue weighted by atomic mass is 10.1. The van der Waals surface area contributed by atoms with Crippen LogP contribution in [0.5, 0.6) is 0 Å². The third-order valence-electron chi connectivity index (χ3n) is 3.65. The Bertz CT molecular complexity index is 780. The number of nitrogens with one attached hydrogen (secondary N) is 1. The van der Waals surface area contributed by atoms with E-state index >= 15 is 0 Å². The van der Waals surface area contributed by atoms with E-state index in [2.05, 4.69) is 32.3 Å². The van der Waals surface area contributed by atoms with Gasteiger partial charge in [0.1, 0.15) is 0 Å². The minimum absolute atomic E-state index is 0.00553. The molecule has 1 atom stereocenters. The van der Waals surface area contributed by atoms with Crippen molar-refractivity contribution in [3.05, 3.63) is 63.6 Å². The van der Waals surface area contributed by atoms with E-state index in [1.54, 1.807) is 11.3 Å². The predicted molar refractivity (Wildman–Crippen MR) is 98.6 cm³/mol. The first-order valence-corrected chi connectivity index (χ1v) is 9.12. The minimum Gasteiger partial charge on any atom is -0.350 e. The molecule has 0 aliphatic rings. The van der Waals surface area contributed by atoms with Crippen molar-refractivity contribution in [1.82, 2.24) is 10.3 Å². The Morgan fingerprint density at radius 3 is 2.70 bits per heavy atom. The molecule has 0 aliphatic heterocycles. The number of fused-ring (bicyclic) bond motifs is 1. The van der Waals surface area contributed by atoms with Crippen LogP contribution in [0.1, 0.15) is 30.0 Å². The topological polar surface area (TPSA) is 42.0 Å². The highest BCUT2D eigenvalue weighted by molar-refractivity contribution is 9.10. The summed E-state index contributed by atoms with van der Waals surface area (Å²) in [5.74, 6) is 0.0553. The number of hydrogen-bond acceptors (Lipinski definition) is 3. The number of halogens is 1. The van der Waals surface area contributed by atoms with Gasteiger partial charge in [0.2, 0.25) is 5.91 Å². The van der Waals surface area contributed by atoms with Gasteiger partial charge >= 0.3 is 0 Å². The van der Waals surface area contributed by atoms with E-state index in [1.807, 2.05) is 49.4 Å². The molecule has 3 rings (SSSR count). The van der Waals surface area contributed by atoms with Gasteiger partial charge in [0.15, 0.2) is 0 Å². The predicted octanol–water partition coefficient (Wildman–Crippen LogP) is 4.87. The summed E-state index contributed by atoms with van der Waals surface area (Å²) in [4.78, 5) is 16.7. The first kappa shape index (κ1) is 16.1. The van der Waals surface area contributed by atoms with Gasteiger partial charge in [0, 0.05) is 17.3 Å². The van der Waals surface area contributed by atoms with Gasteiger partial charge in [-0.25, -0.2) is 4.98 Å². The normalized spacial score (nSPS) is 12.3. The molecule has 118 valence electrons. The summed E-state index contributed by atoms with van der Waals surface area (Å²) in [5.41, 5.74) is 2.11. The molecule has 3 nitrogen and oxygen atoms in total. The van der Waals surface area contributed by atoms with Crippen molar-refractivity contribution in [2.24, 2.45) is 0 Å². The average Bonchev–Trinajstić information content (AvgIpc) is 2.96. The van der Waals surface area contributed by atoms with Crippen LogP contribution in [0, 0.1) is 0 Å². The second kappa shape index (κ2) is 7.23. The van der Waals surface area contributed by atoms with Crippen molar-refractivity contribution >= 4 is 43.4 Å². The number of carbonyl (C=O) groups excluding carboxylic acids is 1. The number of thiazole rings is 1. The molecule has 1 unspecified atom stereocenters. The Kier molecular flexibility index (Phi) is 5.08. The number of nitrogens with zero attached hydrogens (tertiary/aromatic N) is 1. The Morgan fingerprint density at radius 1 is 1.22 bits per heavy atom. The molecule has 1 amide bonds. The first-order valence-electron chi connectivity index (χ1n) is 7.51. The fraction of sp³-hybridized carbons (Fsp3) is 0.222. The van der Waals surface area contributed by atoms with Gasteiger partial charge in [-0.2, -0.15) is 0 Å². The monoisotopic (exact) mass is 388 g/mol. The van der Waals surface area contributed by atoms with Gasteiger partial charge in [-0.1, -0.05) is 40.2 Å². The van der Waals surface area contributed by atoms with Crippen LogP contribution < -0.4 is 5.32 Å². The average molecular weight is 389 g/mol. The molecule has 0 fully saturated rings. The summed E-state index contributed by atoms with van der Waals surface area (Å²) in [7, 11) is 0. The molecular formula is C18H17BrN2OS. The molecule has 1 aromatic heterocycles. The summed E-state index contributed by atoms with van der Waals surface area (Å²) in [6.07, 6.45) is 1.14. The number of para-hydroxylation sites is 1. The summed E-state index contributed by atoms with van der Waals surface area (Å²) >= 11 is 5.08. The van der Waals surface area contributed by atoms with Gasteiger partial charge < -0.3 is 5.32 Å². The molecule has 5 heteroatoms. The summed E-state index contributed by atoms with van der Waals surface area (Å²) < 4.78 is 2.21. The standard InChI is InChI=1S/C18H17BrN2OS/c1-12(13-6-8-14(19)9-7-13)20-17(22)10-11-18-21-15-4-2-3-5-16(15)23-18/h2-9,12H,10-11H2,1H3,(H,20,22). The molecule has 3 aromatic rings. The number of carbonyl (C=O) groups is 1. The van der Waals surface area contributed by atoms with Crippen LogP contribution in [0.15, 0.2) is 53.0 Å². The van der Waals surface area contributed by atoms with E-state index in [9.17, 15) is 4.79 Å². The lowest BCUT2D eigenvalue weighted by Gasteiger charge is -2.14. The Balaban J connectivity index is 1.55. The van der Waals surface area contributed by atoms with Crippen LogP contribution in [-0.4, -0.2) is 10.9 Å². The van der Waals surface area contributed by atoms with Gasteiger partial charge in [-0.3, -0.25) is 4.79 Å². The summed E-state index contributed by atoms with van der Waals surface area (Å²) in [6.45, 7) is 2.00. The maximum atomic E-state index is 12.1. The Hall–Kier alpha value is -1.72. The maximum absolute atomic E-state index is 12.1. The van der Waals surface area contributed by atoms with Gasteiger partial charge in [-0.15, -0.1) is 11.3 Å². The second-order valence-electron chi connectivity index (χ2n) is 5.42. The van der Waals surface area contributed by atoms with Crippen LogP contribution in [0.4, 0.5) is 0 Å². The summed E-state index contributed by atoms with van der Waals surface area (Å²) in [6, 6.07) is 16.1. The lowest BCUT2D eigenvalue weighted by molar-refractivity contribution is -0.121. The van der Waals surface area contributed by atoms with E-state index < -0.39 is 0 Å². The molecule has 1 N–H and O–H groups in total. The van der Waals surface area contributed by atoms with E-state index in [0.29, 0.717) is 12.8 Å². The minimum atomic E-state index is 0.00553. The molecule has 1 heterocycles. The van der Waals surface area contributed by atoms with Crippen molar-refractivity contribution in [3.8, 4) is 0 Å². The zero-order chi connectivity index (χ0) is 16.2. The molecule has 0 radical (unpaired) electrons. The van der Waals surface area contributed by atoms with Crippen LogP contribution >= 0.6 is 27.3 Å². The highest BCUT2D eigenvalue weighted by atomic mass is 79.9. The Labute approximate surface area is 147 Å². The number of aromatic nitrogens is 1. The molecular weight excluding hydrogens is 372 g/mol. The zero-order valence-electron chi connectivity index (χ0n) is 12.8. The van der Waals surface area contributed by atoms with Gasteiger partial charge in [0.25, 0.3) is 0 Å². The van der Waals surface area contributed by atoms with Gasteiger partial charge in [-0.05, 0) is 36.8 Å². The van der Waals surface area contributed by atoms with E-state index in [1.165, 1.54) is 4.70 Å². The maximum Gasteiger partial charge on any atom is 0.220 e. The van der Waals surface area contributed by atoms with E-state index in [-0.39, 0.29) is 11.9 Å². The van der Waals surface area contributed by atoms with Crippen molar-refractivity contribution in [3.63, 3.8) is 0 Å². The highest BCUT2D eigenvalue weighted by Crippen LogP contribution is 2.22. The summed E-state index contributed by atoms with van der Waals surface area (Å²) in [5, 5.41) is 4.05. The molecule has 0 saturated carbocycles. The van der Waals surface area contributed by atoms with Gasteiger partial charge in [0.05, 0.1) is 21.3 Å². The largest absolute Gasteiger partial charge is 0.350 e. The van der Waals surface area contributed by atoms with Crippen LogP contribution in [0.3, 0.4) is 0 Å². The molecule has 0 spiro atoms. The van der Waals surface area contributed by atoms with Crippen molar-refractivity contribution in [2.75, 3.05) is 0 Å². The molecule has 0 bridgehead atoms. The lowest BCUT2D eigenvalue weighted by Crippen LogP contribution is -2.26. The number of benzene rings is 2. The molecule has 0 aliphatic carbocycles. The van der Waals surface area contributed by atoms with Crippen molar-refractivity contribution in [2.45, 2.75) is 25.8 Å². The number of amides is 1. The first-order chi connectivity index (χ1) is 11.1. The van der Waals surface area contributed by atoms with Crippen molar-refractivity contribution < 1.29 is 4.79 Å². The smallest absolute Gasteiger partial charge is 0.220 e. The quantitative estimate of drug-likeness (QED) is 0.677. The van der Waals surface area contributed by atoms with E-state index in [0.717, 1.165) is 20.6 Å². The van der Waals surface area contributed by atoms with Crippen molar-refractivity contribution in [1.29, 1.82) is 0 Å². The molecule has 2 aromatic carbocycles. The fourth-order valence-corrected chi connectivity index (χ4v) is 3.63.